The topological polar surface area (TPSA) is 55.4 Å². The van der Waals surface area contributed by atoms with Gasteiger partial charge in [0.1, 0.15) is 6.04 Å². The first-order chi connectivity index (χ1) is 4.76. The van der Waals surface area contributed by atoms with Crippen LogP contribution in [0.2, 0.25) is 0 Å². The number of esters is 1. The molecule has 1 N–H and O–H groups in total. The average molecular weight is 163 g/mol. The molecule has 4 nitrogen and oxygen atoms in total. The minimum absolute atomic E-state index is 0.241. The van der Waals surface area contributed by atoms with Crippen molar-refractivity contribution >= 4 is 25.0 Å². The van der Waals surface area contributed by atoms with Crippen molar-refractivity contribution in [3.63, 3.8) is 0 Å². The highest BCUT2D eigenvalue weighted by molar-refractivity contribution is 7.80. The molecule has 5 heteroatoms. The van der Waals surface area contributed by atoms with Crippen LogP contribution in [-0.2, 0) is 14.3 Å². The first-order valence-corrected chi connectivity index (χ1v) is 3.28. The second kappa shape index (κ2) is 5.10. The van der Waals surface area contributed by atoms with Crippen LogP contribution in [0.25, 0.3) is 0 Å². The zero-order valence-corrected chi connectivity index (χ0v) is 6.43. The van der Waals surface area contributed by atoms with E-state index in [0.717, 1.165) is 0 Å². The van der Waals surface area contributed by atoms with Gasteiger partial charge < -0.3 is 10.1 Å². The molecule has 1 atom stereocenters. The van der Waals surface area contributed by atoms with E-state index in [0.29, 0.717) is 6.41 Å². The Morgan fingerprint density at radius 3 is 2.80 bits per heavy atom. The Morgan fingerprint density at radius 1 is 1.90 bits per heavy atom. The summed E-state index contributed by atoms with van der Waals surface area (Å²) in [5, 5.41) is 2.25. The standard InChI is InChI=1S/C5H9NO3S/c1-9-5(8)4(2-10)6-3-7/h3-4,10H,2H2,1H3,(H,6,7). The third kappa shape index (κ3) is 2.72. The molecule has 58 valence electrons. The minimum Gasteiger partial charge on any atom is -0.467 e. The predicted molar refractivity (Wildman–Crippen MR) is 38.9 cm³/mol. The van der Waals surface area contributed by atoms with Crippen molar-refractivity contribution < 1.29 is 14.3 Å². The summed E-state index contributed by atoms with van der Waals surface area (Å²) in [6, 6.07) is -0.633. The molecule has 0 radical (unpaired) electrons. The van der Waals surface area contributed by atoms with Crippen LogP contribution in [0.4, 0.5) is 0 Å². The van der Waals surface area contributed by atoms with Crippen LogP contribution in [0.15, 0.2) is 0 Å². The van der Waals surface area contributed by atoms with Crippen LogP contribution in [0.3, 0.4) is 0 Å². The lowest BCUT2D eigenvalue weighted by Crippen LogP contribution is -2.38. The molecule has 0 fully saturated rings. The van der Waals surface area contributed by atoms with Crippen LogP contribution < -0.4 is 5.32 Å². The van der Waals surface area contributed by atoms with Gasteiger partial charge in [-0.15, -0.1) is 0 Å². The molecular weight excluding hydrogens is 154 g/mol. The third-order valence-electron chi connectivity index (χ3n) is 0.938. The molecule has 1 unspecified atom stereocenters. The summed E-state index contributed by atoms with van der Waals surface area (Å²) in [4.78, 5) is 20.5. The first-order valence-electron chi connectivity index (χ1n) is 2.64. The molecule has 0 aromatic heterocycles. The highest BCUT2D eigenvalue weighted by Crippen LogP contribution is 1.88. The third-order valence-corrected chi connectivity index (χ3v) is 1.30. The summed E-state index contributed by atoms with van der Waals surface area (Å²) < 4.78 is 4.35. The van der Waals surface area contributed by atoms with E-state index >= 15 is 0 Å². The number of hydrogen-bond acceptors (Lipinski definition) is 4. The van der Waals surface area contributed by atoms with Crippen molar-refractivity contribution in [1.29, 1.82) is 0 Å². The summed E-state index contributed by atoms with van der Waals surface area (Å²) >= 11 is 3.82. The smallest absolute Gasteiger partial charge is 0.329 e. The molecule has 1 amide bonds. The summed E-state index contributed by atoms with van der Waals surface area (Å²) in [7, 11) is 1.26. The summed E-state index contributed by atoms with van der Waals surface area (Å²) in [5.74, 6) is -0.243. The summed E-state index contributed by atoms with van der Waals surface area (Å²) in [5.41, 5.74) is 0. The number of rotatable bonds is 4. The minimum atomic E-state index is -0.633. The van der Waals surface area contributed by atoms with Crippen molar-refractivity contribution in [3.8, 4) is 0 Å². The molecule has 0 rings (SSSR count). The first kappa shape index (κ1) is 9.29. The number of methoxy groups -OCH3 is 1. The number of hydrogen-bond donors (Lipinski definition) is 2. The van der Waals surface area contributed by atoms with Gasteiger partial charge in [-0.3, -0.25) is 4.79 Å². The molecule has 0 saturated carbocycles. The number of carbonyl (C=O) groups excluding carboxylic acids is 2. The van der Waals surface area contributed by atoms with Crippen molar-refractivity contribution in [2.75, 3.05) is 12.9 Å². The molecule has 0 spiro atoms. The van der Waals surface area contributed by atoms with Crippen LogP contribution in [0, 0.1) is 0 Å². The van der Waals surface area contributed by atoms with E-state index in [1.165, 1.54) is 7.11 Å². The van der Waals surface area contributed by atoms with Gasteiger partial charge in [0, 0.05) is 5.75 Å². The van der Waals surface area contributed by atoms with Crippen molar-refractivity contribution in [2.45, 2.75) is 6.04 Å². The van der Waals surface area contributed by atoms with E-state index in [1.807, 2.05) is 0 Å². The lowest BCUT2D eigenvalue weighted by molar-refractivity contribution is -0.143. The molecule has 0 saturated heterocycles. The van der Waals surface area contributed by atoms with E-state index in [4.69, 9.17) is 0 Å². The van der Waals surface area contributed by atoms with Gasteiger partial charge >= 0.3 is 5.97 Å². The molecule has 0 aliphatic rings. The van der Waals surface area contributed by atoms with Gasteiger partial charge in [0.15, 0.2) is 0 Å². The maximum absolute atomic E-state index is 10.6. The fraction of sp³-hybridized carbons (Fsp3) is 0.600. The fourth-order valence-corrected chi connectivity index (χ4v) is 0.674. The maximum Gasteiger partial charge on any atom is 0.329 e. The van der Waals surface area contributed by atoms with Gasteiger partial charge in [-0.2, -0.15) is 12.6 Å². The molecule has 0 aliphatic carbocycles. The Labute approximate surface area is 64.3 Å². The Bertz CT molecular complexity index is 128. The van der Waals surface area contributed by atoms with Crippen molar-refractivity contribution in [3.05, 3.63) is 0 Å². The van der Waals surface area contributed by atoms with Crippen molar-refractivity contribution in [2.24, 2.45) is 0 Å². The highest BCUT2D eigenvalue weighted by Gasteiger charge is 2.14. The average Bonchev–Trinajstić information content (AvgIpc) is 1.99. The Hall–Kier alpha value is -0.710. The maximum atomic E-state index is 10.6. The van der Waals surface area contributed by atoms with Crippen LogP contribution >= 0.6 is 12.6 Å². The van der Waals surface area contributed by atoms with E-state index in [-0.39, 0.29) is 5.75 Å². The second-order valence-corrected chi connectivity index (χ2v) is 1.91. The van der Waals surface area contributed by atoms with Gasteiger partial charge in [-0.05, 0) is 0 Å². The number of amides is 1. The lowest BCUT2D eigenvalue weighted by Gasteiger charge is -2.08. The quantitative estimate of drug-likeness (QED) is 0.324. The SMILES string of the molecule is COC(=O)C(CS)NC=O. The second-order valence-electron chi connectivity index (χ2n) is 1.54. The number of nitrogens with one attached hydrogen (secondary N) is 1. The van der Waals surface area contributed by atoms with Crippen LogP contribution in [0.5, 0.6) is 0 Å². The largest absolute Gasteiger partial charge is 0.467 e. The highest BCUT2D eigenvalue weighted by atomic mass is 32.1. The predicted octanol–water partition coefficient (Wildman–Crippen LogP) is -0.796. The summed E-state index contributed by atoms with van der Waals surface area (Å²) in [6.45, 7) is 0. The van der Waals surface area contributed by atoms with Gasteiger partial charge in [0.05, 0.1) is 7.11 Å². The summed E-state index contributed by atoms with van der Waals surface area (Å²) in [6.07, 6.45) is 0.442. The molecule has 0 aromatic rings. The number of carbonyl (C=O) groups is 2. The zero-order chi connectivity index (χ0) is 7.98. The molecule has 0 heterocycles. The van der Waals surface area contributed by atoms with Crippen LogP contribution in [-0.4, -0.2) is 31.3 Å². The Morgan fingerprint density at radius 2 is 2.50 bits per heavy atom. The fourth-order valence-electron chi connectivity index (χ4n) is 0.420. The van der Waals surface area contributed by atoms with E-state index in [1.54, 1.807) is 0 Å². The van der Waals surface area contributed by atoms with Gasteiger partial charge in [-0.25, -0.2) is 4.79 Å². The Balaban J connectivity index is 3.79. The Kier molecular flexibility index (Phi) is 4.74. The number of thiol groups is 1. The molecular formula is C5H9NO3S. The van der Waals surface area contributed by atoms with Gasteiger partial charge in [0.2, 0.25) is 6.41 Å². The normalized spacial score (nSPS) is 11.8. The molecule has 0 bridgehead atoms. The molecule has 0 aliphatic heterocycles. The van der Waals surface area contributed by atoms with E-state index < -0.39 is 12.0 Å². The van der Waals surface area contributed by atoms with Crippen molar-refractivity contribution in [1.82, 2.24) is 5.32 Å². The van der Waals surface area contributed by atoms with Gasteiger partial charge in [0.25, 0.3) is 0 Å². The molecule has 10 heavy (non-hydrogen) atoms. The zero-order valence-electron chi connectivity index (χ0n) is 5.53. The lowest BCUT2D eigenvalue weighted by atomic mass is 10.3. The molecule has 0 aromatic carbocycles. The van der Waals surface area contributed by atoms with E-state index in [9.17, 15) is 9.59 Å². The van der Waals surface area contributed by atoms with Crippen LogP contribution in [0.1, 0.15) is 0 Å². The monoisotopic (exact) mass is 163 g/mol. The van der Waals surface area contributed by atoms with E-state index in [2.05, 4.69) is 22.7 Å². The van der Waals surface area contributed by atoms with Gasteiger partial charge in [-0.1, -0.05) is 0 Å². The number of ether oxygens (including phenoxy) is 1.